The molecule has 26 heavy (non-hydrogen) atoms. The third kappa shape index (κ3) is 3.62. The molecular weight excluding hydrogens is 333 g/mol. The molecule has 2 heterocycles. The second kappa shape index (κ2) is 7.20. The molecule has 1 saturated heterocycles. The van der Waals surface area contributed by atoms with E-state index in [1.807, 2.05) is 12.3 Å². The van der Waals surface area contributed by atoms with E-state index in [0.29, 0.717) is 18.5 Å². The Morgan fingerprint density at radius 1 is 1.27 bits per heavy atom. The van der Waals surface area contributed by atoms with Crippen molar-refractivity contribution in [2.75, 3.05) is 18.4 Å². The maximum atomic E-state index is 14.9. The van der Waals surface area contributed by atoms with Crippen LogP contribution in [0.25, 0.3) is 11.1 Å². The van der Waals surface area contributed by atoms with Gasteiger partial charge < -0.3 is 10.2 Å². The fraction of sp³-hybridized carbons (Fsp3) is 0.263. The van der Waals surface area contributed by atoms with Crippen LogP contribution in [0.5, 0.6) is 0 Å². The lowest BCUT2D eigenvalue weighted by Crippen LogP contribution is -2.51. The van der Waals surface area contributed by atoms with Gasteiger partial charge in [0.2, 0.25) is 5.67 Å². The van der Waals surface area contributed by atoms with Crippen molar-refractivity contribution in [2.24, 2.45) is 0 Å². The number of hydrogen-bond acceptors (Lipinski definition) is 5. The molecule has 2 aromatic rings. The predicted octanol–water partition coefficient (Wildman–Crippen LogP) is 2.84. The minimum Gasteiger partial charge on any atom is -0.308 e. The third-order valence-corrected chi connectivity index (χ3v) is 4.32. The molecule has 1 fully saturated rings. The van der Waals surface area contributed by atoms with E-state index in [9.17, 15) is 9.18 Å². The summed E-state index contributed by atoms with van der Waals surface area (Å²) in [6.07, 6.45) is 3.91. The standard InChI is InChI=1S/C19H16FN5O/c20-19(6-2-8-25(12-19)13-22)18(26)24-17-10-16(5-7-23-17)15-4-1-3-14(9-15)11-21/h1,3-5,7,9-10H,2,6,8,12H2,(H,23,24,26). The van der Waals surface area contributed by atoms with Crippen LogP contribution in [0.3, 0.4) is 0 Å². The summed E-state index contributed by atoms with van der Waals surface area (Å²) in [5.74, 6) is -0.575. The molecule has 1 aliphatic heterocycles. The molecule has 0 aliphatic carbocycles. The van der Waals surface area contributed by atoms with Crippen LogP contribution in [0.4, 0.5) is 10.2 Å². The lowest BCUT2D eigenvalue weighted by molar-refractivity contribution is -0.130. The van der Waals surface area contributed by atoms with Gasteiger partial charge in [0.1, 0.15) is 5.82 Å². The molecule has 1 atom stereocenters. The fourth-order valence-corrected chi connectivity index (χ4v) is 2.96. The third-order valence-electron chi connectivity index (χ3n) is 4.32. The first-order valence-corrected chi connectivity index (χ1v) is 8.16. The zero-order chi connectivity index (χ0) is 18.6. The van der Waals surface area contributed by atoms with Crippen LogP contribution in [0.1, 0.15) is 18.4 Å². The quantitative estimate of drug-likeness (QED) is 0.860. The van der Waals surface area contributed by atoms with Gasteiger partial charge in [-0.2, -0.15) is 10.5 Å². The van der Waals surface area contributed by atoms with Gasteiger partial charge in [0.15, 0.2) is 6.19 Å². The first kappa shape index (κ1) is 17.4. The molecule has 6 nitrogen and oxygen atoms in total. The molecule has 1 amide bonds. The van der Waals surface area contributed by atoms with Gasteiger partial charge in [-0.05, 0) is 48.2 Å². The normalized spacial score (nSPS) is 19.3. The number of pyridine rings is 1. The Balaban J connectivity index is 1.79. The van der Waals surface area contributed by atoms with Gasteiger partial charge in [0.05, 0.1) is 18.2 Å². The Labute approximate surface area is 150 Å². The van der Waals surface area contributed by atoms with Crippen LogP contribution < -0.4 is 5.32 Å². The highest BCUT2D eigenvalue weighted by Crippen LogP contribution is 2.27. The van der Waals surface area contributed by atoms with Gasteiger partial charge >= 0.3 is 0 Å². The Bertz CT molecular complexity index is 917. The number of amides is 1. The molecule has 1 aliphatic rings. The van der Waals surface area contributed by atoms with Crippen LogP contribution >= 0.6 is 0 Å². The molecule has 0 saturated carbocycles. The van der Waals surface area contributed by atoms with E-state index < -0.39 is 11.6 Å². The van der Waals surface area contributed by atoms with Crippen LogP contribution in [0.2, 0.25) is 0 Å². The second-order valence-corrected chi connectivity index (χ2v) is 6.17. The number of halogens is 1. The van der Waals surface area contributed by atoms with Gasteiger partial charge in [-0.25, -0.2) is 9.37 Å². The van der Waals surface area contributed by atoms with E-state index in [0.717, 1.165) is 11.1 Å². The summed E-state index contributed by atoms with van der Waals surface area (Å²) in [6, 6.07) is 12.5. The number of hydrogen-bond donors (Lipinski definition) is 1. The van der Waals surface area contributed by atoms with Crippen LogP contribution in [-0.2, 0) is 4.79 Å². The topological polar surface area (TPSA) is 92.8 Å². The summed E-state index contributed by atoms with van der Waals surface area (Å²) >= 11 is 0. The number of benzene rings is 1. The number of anilines is 1. The zero-order valence-electron chi connectivity index (χ0n) is 13.9. The largest absolute Gasteiger partial charge is 0.308 e. The molecule has 1 unspecified atom stereocenters. The fourth-order valence-electron chi connectivity index (χ4n) is 2.96. The number of nitriles is 2. The lowest BCUT2D eigenvalue weighted by Gasteiger charge is -2.33. The minimum atomic E-state index is -2.12. The molecule has 3 rings (SSSR count). The van der Waals surface area contributed by atoms with Crippen molar-refractivity contribution in [2.45, 2.75) is 18.5 Å². The molecule has 0 spiro atoms. The summed E-state index contributed by atoms with van der Waals surface area (Å²) in [5, 5.41) is 20.5. The molecule has 0 radical (unpaired) electrons. The molecule has 130 valence electrons. The molecule has 1 aromatic carbocycles. The van der Waals surface area contributed by atoms with Crippen molar-refractivity contribution in [3.8, 4) is 23.4 Å². The summed E-state index contributed by atoms with van der Waals surface area (Å²) in [5.41, 5.74) is -0.0499. The zero-order valence-corrected chi connectivity index (χ0v) is 13.9. The van der Waals surface area contributed by atoms with Crippen LogP contribution in [0.15, 0.2) is 42.6 Å². The van der Waals surface area contributed by atoms with E-state index in [2.05, 4.69) is 16.4 Å². The number of piperidine rings is 1. The number of alkyl halides is 1. The van der Waals surface area contributed by atoms with Crippen molar-refractivity contribution < 1.29 is 9.18 Å². The highest BCUT2D eigenvalue weighted by Gasteiger charge is 2.42. The van der Waals surface area contributed by atoms with E-state index in [1.54, 1.807) is 30.3 Å². The Morgan fingerprint density at radius 2 is 2.08 bits per heavy atom. The predicted molar refractivity (Wildman–Crippen MR) is 93.3 cm³/mol. The van der Waals surface area contributed by atoms with Gasteiger partial charge in [-0.3, -0.25) is 4.79 Å². The van der Waals surface area contributed by atoms with E-state index in [-0.39, 0.29) is 18.8 Å². The lowest BCUT2D eigenvalue weighted by atomic mass is 9.94. The SMILES string of the molecule is N#Cc1cccc(-c2ccnc(NC(=O)C3(F)CCCN(C#N)C3)c2)c1. The van der Waals surface area contributed by atoms with Crippen molar-refractivity contribution in [3.05, 3.63) is 48.2 Å². The number of aromatic nitrogens is 1. The molecule has 1 N–H and O–H groups in total. The minimum absolute atomic E-state index is 0.0704. The smallest absolute Gasteiger partial charge is 0.265 e. The van der Waals surface area contributed by atoms with E-state index in [1.165, 1.54) is 11.1 Å². The maximum Gasteiger partial charge on any atom is 0.265 e. The summed E-state index contributed by atoms with van der Waals surface area (Å²) in [6.45, 7) is 0.206. The van der Waals surface area contributed by atoms with Crippen molar-refractivity contribution in [3.63, 3.8) is 0 Å². The number of rotatable bonds is 3. The van der Waals surface area contributed by atoms with Gasteiger partial charge in [0.25, 0.3) is 5.91 Å². The van der Waals surface area contributed by atoms with E-state index in [4.69, 9.17) is 10.5 Å². The van der Waals surface area contributed by atoms with Crippen molar-refractivity contribution >= 4 is 11.7 Å². The Kier molecular flexibility index (Phi) is 4.81. The maximum absolute atomic E-state index is 14.9. The average Bonchev–Trinajstić information content (AvgIpc) is 2.68. The monoisotopic (exact) mass is 349 g/mol. The number of nitrogens with zero attached hydrogens (tertiary/aromatic N) is 4. The van der Waals surface area contributed by atoms with Gasteiger partial charge in [0, 0.05) is 12.7 Å². The van der Waals surface area contributed by atoms with Crippen molar-refractivity contribution in [1.29, 1.82) is 10.5 Å². The molecule has 7 heteroatoms. The Morgan fingerprint density at radius 3 is 2.85 bits per heavy atom. The molecular formula is C19H16FN5O. The molecule has 0 bridgehead atoms. The number of carbonyl (C=O) groups is 1. The number of likely N-dealkylation sites (tertiary alicyclic amines) is 1. The highest BCUT2D eigenvalue weighted by molar-refractivity contribution is 5.97. The summed E-state index contributed by atoms with van der Waals surface area (Å²) in [4.78, 5) is 17.7. The van der Waals surface area contributed by atoms with Crippen LogP contribution in [-0.4, -0.2) is 34.5 Å². The second-order valence-electron chi connectivity index (χ2n) is 6.17. The number of carbonyl (C=O) groups excluding carboxylic acids is 1. The molecule has 1 aromatic heterocycles. The van der Waals surface area contributed by atoms with Gasteiger partial charge in [-0.15, -0.1) is 0 Å². The summed E-state index contributed by atoms with van der Waals surface area (Å²) < 4.78 is 14.9. The van der Waals surface area contributed by atoms with Crippen molar-refractivity contribution in [1.82, 2.24) is 9.88 Å². The van der Waals surface area contributed by atoms with E-state index >= 15 is 0 Å². The first-order chi connectivity index (χ1) is 12.5. The highest BCUT2D eigenvalue weighted by atomic mass is 19.1. The number of nitrogens with one attached hydrogen (secondary N) is 1. The summed E-state index contributed by atoms with van der Waals surface area (Å²) in [7, 11) is 0. The first-order valence-electron chi connectivity index (χ1n) is 8.16. The average molecular weight is 349 g/mol. The Hall–Kier alpha value is -3.45. The van der Waals surface area contributed by atoms with Crippen LogP contribution in [0, 0.1) is 22.8 Å². The van der Waals surface area contributed by atoms with Gasteiger partial charge in [-0.1, -0.05) is 12.1 Å².